The van der Waals surface area contributed by atoms with E-state index in [1.165, 1.54) is 7.11 Å². The van der Waals surface area contributed by atoms with E-state index in [9.17, 15) is 9.59 Å². The van der Waals surface area contributed by atoms with Crippen LogP contribution in [0.5, 0.6) is 0 Å². The van der Waals surface area contributed by atoms with E-state index in [0.29, 0.717) is 18.7 Å². The van der Waals surface area contributed by atoms with Gasteiger partial charge in [0.15, 0.2) is 5.65 Å². The third-order valence-corrected chi connectivity index (χ3v) is 6.02. The molecule has 1 saturated heterocycles. The molecule has 0 spiro atoms. The maximum absolute atomic E-state index is 13.1. The average molecular weight is 420 g/mol. The second-order valence-corrected chi connectivity index (χ2v) is 7.91. The standard InChI is InChI=1S/C22H24N6O3/c1-25-19-9-8-17(16-12-23-27-11-4-3-7-18(16)27)24-21(19)28(22(25)30)15-6-5-10-26(13-15)20(29)14-31-2/h3-4,7-9,11-12,15H,5-6,10,13-14H2,1-2H3/t15-/m0/s1. The van der Waals surface area contributed by atoms with Crippen molar-refractivity contribution in [2.24, 2.45) is 7.05 Å². The molecular weight excluding hydrogens is 396 g/mol. The fraction of sp³-hybridized carbons (Fsp3) is 0.364. The lowest BCUT2D eigenvalue weighted by atomic mass is 10.1. The Morgan fingerprint density at radius 2 is 2.10 bits per heavy atom. The second kappa shape index (κ2) is 7.66. The highest BCUT2D eigenvalue weighted by Crippen LogP contribution is 2.28. The third-order valence-electron chi connectivity index (χ3n) is 6.02. The Hall–Kier alpha value is -3.46. The predicted octanol–water partition coefficient (Wildman–Crippen LogP) is 1.86. The van der Waals surface area contributed by atoms with Crippen molar-refractivity contribution >= 4 is 22.6 Å². The minimum atomic E-state index is -0.127. The van der Waals surface area contributed by atoms with Crippen LogP contribution in [0, 0.1) is 0 Å². The highest BCUT2D eigenvalue weighted by Gasteiger charge is 2.28. The lowest BCUT2D eigenvalue weighted by molar-refractivity contribution is -0.136. The van der Waals surface area contributed by atoms with Crippen LogP contribution in [0.25, 0.3) is 27.9 Å². The number of rotatable bonds is 4. The van der Waals surface area contributed by atoms with Gasteiger partial charge in [0.2, 0.25) is 5.91 Å². The van der Waals surface area contributed by atoms with E-state index < -0.39 is 0 Å². The van der Waals surface area contributed by atoms with Gasteiger partial charge in [-0.25, -0.2) is 14.3 Å². The molecule has 160 valence electrons. The van der Waals surface area contributed by atoms with Gasteiger partial charge in [-0.15, -0.1) is 0 Å². The number of hydrogen-bond donors (Lipinski definition) is 0. The number of aryl methyl sites for hydroxylation is 1. The summed E-state index contributed by atoms with van der Waals surface area (Å²) in [6, 6.07) is 9.61. The minimum absolute atomic E-state index is 0.0499. The van der Waals surface area contributed by atoms with Crippen LogP contribution in [0.1, 0.15) is 18.9 Å². The van der Waals surface area contributed by atoms with Gasteiger partial charge in [0, 0.05) is 39.0 Å². The number of carbonyl (C=O) groups is 1. The van der Waals surface area contributed by atoms with Crippen LogP contribution in [0.2, 0.25) is 0 Å². The first-order valence-corrected chi connectivity index (χ1v) is 10.4. The molecule has 5 rings (SSSR count). The van der Waals surface area contributed by atoms with Gasteiger partial charge < -0.3 is 9.64 Å². The summed E-state index contributed by atoms with van der Waals surface area (Å²) in [4.78, 5) is 32.2. The summed E-state index contributed by atoms with van der Waals surface area (Å²) in [7, 11) is 3.27. The number of imidazole rings is 1. The number of methoxy groups -OCH3 is 1. The number of aromatic nitrogens is 5. The molecule has 0 N–H and O–H groups in total. The van der Waals surface area contributed by atoms with Gasteiger partial charge in [-0.3, -0.25) is 13.9 Å². The van der Waals surface area contributed by atoms with Crippen molar-refractivity contribution in [3.8, 4) is 11.3 Å². The molecule has 9 nitrogen and oxygen atoms in total. The largest absolute Gasteiger partial charge is 0.375 e. The van der Waals surface area contributed by atoms with Crippen LogP contribution in [-0.2, 0) is 16.6 Å². The van der Waals surface area contributed by atoms with E-state index in [-0.39, 0.29) is 24.2 Å². The number of piperidine rings is 1. The molecule has 0 aromatic carbocycles. The number of carbonyl (C=O) groups excluding carboxylic acids is 1. The molecule has 0 aliphatic carbocycles. The zero-order valence-corrected chi connectivity index (χ0v) is 17.6. The summed E-state index contributed by atoms with van der Waals surface area (Å²) in [5, 5.41) is 4.40. The van der Waals surface area contributed by atoms with Crippen molar-refractivity contribution < 1.29 is 9.53 Å². The summed E-state index contributed by atoms with van der Waals surface area (Å²) < 4.78 is 10.2. The van der Waals surface area contributed by atoms with E-state index in [0.717, 1.165) is 35.1 Å². The Morgan fingerprint density at radius 3 is 2.94 bits per heavy atom. The Kier molecular flexibility index (Phi) is 4.82. The van der Waals surface area contributed by atoms with E-state index in [4.69, 9.17) is 9.72 Å². The van der Waals surface area contributed by atoms with Gasteiger partial charge in [-0.05, 0) is 37.1 Å². The molecule has 4 aromatic heterocycles. The third kappa shape index (κ3) is 3.21. The number of ether oxygens (including phenoxy) is 1. The van der Waals surface area contributed by atoms with Crippen LogP contribution in [0.3, 0.4) is 0 Å². The van der Waals surface area contributed by atoms with Crippen LogP contribution < -0.4 is 5.69 Å². The Balaban J connectivity index is 1.60. The highest BCUT2D eigenvalue weighted by atomic mass is 16.5. The molecule has 0 radical (unpaired) electrons. The number of pyridine rings is 2. The van der Waals surface area contributed by atoms with Crippen molar-refractivity contribution in [2.75, 3.05) is 26.8 Å². The lowest BCUT2D eigenvalue weighted by Gasteiger charge is -2.33. The molecule has 5 heterocycles. The number of amides is 1. The SMILES string of the molecule is COCC(=O)N1CCC[C@H](n2c(=O)n(C)c3ccc(-c4cnn5ccccc45)nc32)C1. The Bertz CT molecular complexity index is 1330. The number of hydrogen-bond acceptors (Lipinski definition) is 5. The van der Waals surface area contributed by atoms with Crippen LogP contribution in [0.15, 0.2) is 47.5 Å². The molecule has 1 aliphatic heterocycles. The van der Waals surface area contributed by atoms with Crippen molar-refractivity contribution in [1.29, 1.82) is 0 Å². The molecule has 31 heavy (non-hydrogen) atoms. The fourth-order valence-corrected chi connectivity index (χ4v) is 4.45. The smallest absolute Gasteiger partial charge is 0.330 e. The topological polar surface area (TPSA) is 86.7 Å². The first kappa shape index (κ1) is 19.5. The molecule has 1 atom stereocenters. The lowest BCUT2D eigenvalue weighted by Crippen LogP contribution is -2.44. The summed E-state index contributed by atoms with van der Waals surface area (Å²) in [5.41, 5.74) is 3.90. The van der Waals surface area contributed by atoms with Gasteiger partial charge in [0.1, 0.15) is 6.61 Å². The van der Waals surface area contributed by atoms with Crippen molar-refractivity contribution in [3.05, 3.63) is 53.2 Å². The molecule has 0 saturated carbocycles. The van der Waals surface area contributed by atoms with Gasteiger partial charge in [0.25, 0.3) is 0 Å². The van der Waals surface area contributed by atoms with Gasteiger partial charge >= 0.3 is 5.69 Å². The molecule has 0 unspecified atom stereocenters. The zero-order chi connectivity index (χ0) is 21.5. The molecular formula is C22H24N6O3. The van der Waals surface area contributed by atoms with Crippen molar-refractivity contribution in [3.63, 3.8) is 0 Å². The molecule has 9 heteroatoms. The summed E-state index contributed by atoms with van der Waals surface area (Å²) >= 11 is 0. The Morgan fingerprint density at radius 1 is 1.23 bits per heavy atom. The van der Waals surface area contributed by atoms with E-state index in [1.54, 1.807) is 31.8 Å². The summed E-state index contributed by atoms with van der Waals surface area (Å²) in [6.07, 6.45) is 5.33. The first-order chi connectivity index (χ1) is 15.1. The van der Waals surface area contributed by atoms with Gasteiger partial charge in [0.05, 0.1) is 29.0 Å². The maximum atomic E-state index is 13.1. The van der Waals surface area contributed by atoms with Crippen molar-refractivity contribution in [2.45, 2.75) is 18.9 Å². The minimum Gasteiger partial charge on any atom is -0.375 e. The highest BCUT2D eigenvalue weighted by molar-refractivity contribution is 5.82. The number of likely N-dealkylation sites (tertiary alicyclic amines) is 1. The number of fused-ring (bicyclic) bond motifs is 2. The fourth-order valence-electron chi connectivity index (χ4n) is 4.45. The predicted molar refractivity (Wildman–Crippen MR) is 116 cm³/mol. The van der Waals surface area contributed by atoms with Crippen molar-refractivity contribution in [1.82, 2.24) is 28.6 Å². The van der Waals surface area contributed by atoms with E-state index in [1.807, 2.05) is 36.5 Å². The normalized spacial score (nSPS) is 17.0. The quantitative estimate of drug-likeness (QED) is 0.503. The van der Waals surface area contributed by atoms with Gasteiger partial charge in [-0.2, -0.15) is 5.10 Å². The zero-order valence-electron chi connectivity index (χ0n) is 17.6. The molecule has 1 aliphatic rings. The molecule has 4 aromatic rings. The van der Waals surface area contributed by atoms with Crippen LogP contribution >= 0.6 is 0 Å². The maximum Gasteiger partial charge on any atom is 0.330 e. The summed E-state index contributed by atoms with van der Waals surface area (Å²) in [5.74, 6) is -0.0551. The van der Waals surface area contributed by atoms with E-state index in [2.05, 4.69) is 5.10 Å². The first-order valence-electron chi connectivity index (χ1n) is 10.4. The molecule has 1 fully saturated rings. The average Bonchev–Trinajstić information content (AvgIpc) is 3.33. The Labute approximate surface area is 178 Å². The summed E-state index contributed by atoms with van der Waals surface area (Å²) in [6.45, 7) is 1.21. The second-order valence-electron chi connectivity index (χ2n) is 7.91. The molecule has 0 bridgehead atoms. The monoisotopic (exact) mass is 420 g/mol. The van der Waals surface area contributed by atoms with Crippen LogP contribution in [0.4, 0.5) is 0 Å². The van der Waals surface area contributed by atoms with Gasteiger partial charge in [-0.1, -0.05) is 6.07 Å². The number of nitrogens with zero attached hydrogens (tertiary/aromatic N) is 6. The van der Waals surface area contributed by atoms with Crippen LogP contribution in [-0.4, -0.2) is 61.3 Å². The molecule has 1 amide bonds. The van der Waals surface area contributed by atoms with E-state index >= 15 is 0 Å².